The third kappa shape index (κ3) is 5.27. The van der Waals surface area contributed by atoms with Crippen LogP contribution in [0.1, 0.15) is 25.5 Å². The average molecular weight is 344 g/mol. The summed E-state index contributed by atoms with van der Waals surface area (Å²) in [6, 6.07) is 1.92. The van der Waals surface area contributed by atoms with E-state index in [-0.39, 0.29) is 5.75 Å². The Bertz CT molecular complexity index is 559. The Morgan fingerprint density at radius 2 is 2.17 bits per heavy atom. The lowest BCUT2D eigenvalue weighted by atomic mass is 10.2. The fourth-order valence-corrected chi connectivity index (χ4v) is 4.46. The van der Waals surface area contributed by atoms with Gasteiger partial charge >= 0.3 is 0 Å². The standard InChI is InChI=1S/C15H28N4O3S/c1-4-18-8-5-6-15(18)12-19(10-9-17(2)3)23(20,21)13-14-7-11-22-16-14/h7,11,15H,4-6,8-10,12-13H2,1-3H3. The zero-order valence-corrected chi connectivity index (χ0v) is 15.1. The van der Waals surface area contributed by atoms with Gasteiger partial charge in [-0.2, -0.15) is 4.31 Å². The zero-order valence-electron chi connectivity index (χ0n) is 14.3. The van der Waals surface area contributed by atoms with Crippen molar-refractivity contribution in [1.82, 2.24) is 19.3 Å². The highest BCUT2D eigenvalue weighted by Crippen LogP contribution is 2.20. The van der Waals surface area contributed by atoms with Gasteiger partial charge < -0.3 is 9.42 Å². The van der Waals surface area contributed by atoms with Gasteiger partial charge in [0.05, 0.1) is 5.69 Å². The van der Waals surface area contributed by atoms with E-state index in [9.17, 15) is 8.42 Å². The number of hydrogen-bond donors (Lipinski definition) is 0. The molecule has 1 atom stereocenters. The molecule has 8 heteroatoms. The Labute approximate surface area is 139 Å². The molecule has 1 fully saturated rings. The van der Waals surface area contributed by atoms with E-state index >= 15 is 0 Å². The van der Waals surface area contributed by atoms with E-state index in [1.54, 1.807) is 10.4 Å². The summed E-state index contributed by atoms with van der Waals surface area (Å²) >= 11 is 0. The average Bonchev–Trinajstić information content (AvgIpc) is 3.13. The van der Waals surface area contributed by atoms with Gasteiger partial charge in [0.2, 0.25) is 10.0 Å². The monoisotopic (exact) mass is 344 g/mol. The van der Waals surface area contributed by atoms with E-state index in [0.717, 1.165) is 25.9 Å². The molecule has 1 aliphatic heterocycles. The highest BCUT2D eigenvalue weighted by Gasteiger charge is 2.30. The van der Waals surface area contributed by atoms with Crippen LogP contribution < -0.4 is 0 Å². The predicted octanol–water partition coefficient (Wildman–Crippen LogP) is 0.852. The third-order valence-corrected chi connectivity index (χ3v) is 6.11. The summed E-state index contributed by atoms with van der Waals surface area (Å²) in [5, 5.41) is 3.74. The van der Waals surface area contributed by atoms with Crippen LogP contribution >= 0.6 is 0 Å². The Balaban J connectivity index is 2.09. The van der Waals surface area contributed by atoms with Crippen molar-refractivity contribution in [2.45, 2.75) is 31.6 Å². The number of likely N-dealkylation sites (tertiary alicyclic amines) is 1. The van der Waals surface area contributed by atoms with Gasteiger partial charge in [-0.1, -0.05) is 12.1 Å². The molecular weight excluding hydrogens is 316 g/mol. The van der Waals surface area contributed by atoms with Crippen LogP contribution in [0.5, 0.6) is 0 Å². The minimum Gasteiger partial charge on any atom is -0.364 e. The summed E-state index contributed by atoms with van der Waals surface area (Å²) in [5.41, 5.74) is 0.457. The highest BCUT2D eigenvalue weighted by molar-refractivity contribution is 7.88. The van der Waals surface area contributed by atoms with Crippen LogP contribution in [0, 0.1) is 0 Å². The lowest BCUT2D eigenvalue weighted by Crippen LogP contribution is -2.45. The number of rotatable bonds is 9. The first-order valence-corrected chi connectivity index (χ1v) is 9.79. The highest BCUT2D eigenvalue weighted by atomic mass is 32.2. The summed E-state index contributed by atoms with van der Waals surface area (Å²) in [4.78, 5) is 4.37. The van der Waals surface area contributed by atoms with Crippen LogP contribution in [0.15, 0.2) is 16.9 Å². The number of likely N-dealkylation sites (N-methyl/N-ethyl adjacent to an activating group) is 2. The zero-order chi connectivity index (χ0) is 16.9. The van der Waals surface area contributed by atoms with Gasteiger partial charge in [0, 0.05) is 31.7 Å². The molecule has 0 radical (unpaired) electrons. The Morgan fingerprint density at radius 1 is 1.39 bits per heavy atom. The van der Waals surface area contributed by atoms with Crippen molar-refractivity contribution >= 4 is 10.0 Å². The lowest BCUT2D eigenvalue weighted by molar-refractivity contribution is 0.219. The Morgan fingerprint density at radius 3 is 2.78 bits per heavy atom. The van der Waals surface area contributed by atoms with E-state index in [1.165, 1.54) is 6.26 Å². The largest absolute Gasteiger partial charge is 0.364 e. The molecule has 2 rings (SSSR count). The van der Waals surface area contributed by atoms with Gasteiger partial charge in [-0.25, -0.2) is 8.42 Å². The van der Waals surface area contributed by atoms with Crippen molar-refractivity contribution < 1.29 is 12.9 Å². The molecule has 1 aliphatic rings. The van der Waals surface area contributed by atoms with Crippen molar-refractivity contribution in [3.8, 4) is 0 Å². The van der Waals surface area contributed by atoms with E-state index in [4.69, 9.17) is 4.52 Å². The second-order valence-corrected chi connectivity index (χ2v) is 8.30. The maximum atomic E-state index is 12.8. The van der Waals surface area contributed by atoms with Crippen LogP contribution in [-0.4, -0.2) is 80.5 Å². The lowest BCUT2D eigenvalue weighted by Gasteiger charge is -2.30. The number of aromatic nitrogens is 1. The summed E-state index contributed by atoms with van der Waals surface area (Å²) < 4.78 is 32.0. The van der Waals surface area contributed by atoms with Crippen LogP contribution in [0.2, 0.25) is 0 Å². The van der Waals surface area contributed by atoms with Crippen LogP contribution in [0.3, 0.4) is 0 Å². The van der Waals surface area contributed by atoms with Gasteiger partial charge in [-0.05, 0) is 40.0 Å². The third-order valence-electron chi connectivity index (χ3n) is 4.33. The molecule has 0 amide bonds. The first-order valence-electron chi connectivity index (χ1n) is 8.18. The normalized spacial score (nSPS) is 20.0. The molecule has 2 heterocycles. The molecule has 23 heavy (non-hydrogen) atoms. The quantitative estimate of drug-likeness (QED) is 0.661. The van der Waals surface area contributed by atoms with Crippen molar-refractivity contribution in [2.75, 3.05) is 46.8 Å². The predicted molar refractivity (Wildman–Crippen MR) is 89.5 cm³/mol. The minimum atomic E-state index is -3.40. The fraction of sp³-hybridized carbons (Fsp3) is 0.800. The molecular formula is C15H28N4O3S. The van der Waals surface area contributed by atoms with E-state index in [2.05, 4.69) is 17.0 Å². The molecule has 0 spiro atoms. The molecule has 0 aromatic carbocycles. The summed E-state index contributed by atoms with van der Waals surface area (Å²) in [6.45, 7) is 5.92. The molecule has 132 valence electrons. The Kier molecular flexibility index (Phi) is 6.58. The first kappa shape index (κ1) is 18.4. The van der Waals surface area contributed by atoms with Crippen LogP contribution in [0.25, 0.3) is 0 Å². The molecule has 0 saturated carbocycles. The topological polar surface area (TPSA) is 69.9 Å². The SMILES string of the molecule is CCN1CCCC1CN(CCN(C)C)S(=O)(=O)Cc1ccon1. The van der Waals surface area contributed by atoms with E-state index in [0.29, 0.717) is 31.4 Å². The summed E-state index contributed by atoms with van der Waals surface area (Å²) in [5.74, 6) is -0.101. The fourth-order valence-electron chi connectivity index (χ4n) is 3.00. The molecule has 0 N–H and O–H groups in total. The number of sulfonamides is 1. The summed E-state index contributed by atoms with van der Waals surface area (Å²) in [6.07, 6.45) is 3.61. The Hall–Kier alpha value is -0.960. The van der Waals surface area contributed by atoms with Crippen LogP contribution in [0.4, 0.5) is 0 Å². The smallest absolute Gasteiger partial charge is 0.220 e. The maximum Gasteiger partial charge on any atom is 0.220 e. The number of hydrogen-bond acceptors (Lipinski definition) is 6. The molecule has 7 nitrogen and oxygen atoms in total. The molecule has 1 saturated heterocycles. The second kappa shape index (κ2) is 8.23. The minimum absolute atomic E-state index is 0.101. The van der Waals surface area contributed by atoms with Gasteiger partial charge in [-0.15, -0.1) is 0 Å². The van der Waals surface area contributed by atoms with Crippen molar-refractivity contribution in [1.29, 1.82) is 0 Å². The number of nitrogens with zero attached hydrogens (tertiary/aromatic N) is 4. The maximum absolute atomic E-state index is 12.8. The van der Waals surface area contributed by atoms with Gasteiger partial charge in [-0.3, -0.25) is 4.90 Å². The molecule has 1 aromatic rings. The van der Waals surface area contributed by atoms with Gasteiger partial charge in [0.25, 0.3) is 0 Å². The van der Waals surface area contributed by atoms with Crippen LogP contribution in [-0.2, 0) is 15.8 Å². The molecule has 1 unspecified atom stereocenters. The first-order chi connectivity index (χ1) is 10.9. The van der Waals surface area contributed by atoms with E-state index in [1.807, 2.05) is 19.0 Å². The molecule has 1 aromatic heterocycles. The summed E-state index contributed by atoms with van der Waals surface area (Å²) in [7, 11) is 0.507. The van der Waals surface area contributed by atoms with E-state index < -0.39 is 10.0 Å². The second-order valence-electron chi connectivity index (χ2n) is 6.33. The van der Waals surface area contributed by atoms with Crippen molar-refractivity contribution in [3.05, 3.63) is 18.0 Å². The van der Waals surface area contributed by atoms with Gasteiger partial charge in [0.1, 0.15) is 12.0 Å². The van der Waals surface area contributed by atoms with Crippen molar-refractivity contribution in [2.24, 2.45) is 0 Å². The van der Waals surface area contributed by atoms with Gasteiger partial charge in [0.15, 0.2) is 0 Å². The molecule has 0 aliphatic carbocycles. The molecule has 0 bridgehead atoms. The van der Waals surface area contributed by atoms with Crippen molar-refractivity contribution in [3.63, 3.8) is 0 Å².